The summed E-state index contributed by atoms with van der Waals surface area (Å²) in [5.41, 5.74) is 8.93. The van der Waals surface area contributed by atoms with Crippen molar-refractivity contribution in [3.63, 3.8) is 0 Å². The Balaban J connectivity index is 1.62. The molecular formula is C17H17N5. The maximum atomic E-state index is 5.89. The van der Waals surface area contributed by atoms with Crippen molar-refractivity contribution in [2.75, 3.05) is 5.32 Å². The summed E-state index contributed by atoms with van der Waals surface area (Å²) in [5, 5.41) is 7.26. The average molecular weight is 291 g/mol. The molecule has 0 unspecified atom stereocenters. The van der Waals surface area contributed by atoms with E-state index in [2.05, 4.69) is 15.4 Å². The lowest BCUT2D eigenvalue weighted by Gasteiger charge is -2.06. The number of rotatable bonds is 4. The number of nitrogens with two attached hydrogens (primary N) is 1. The molecule has 0 aliphatic carbocycles. The molecule has 0 aliphatic rings. The summed E-state index contributed by atoms with van der Waals surface area (Å²) in [6.45, 7) is 0.533. The third-order valence-corrected chi connectivity index (χ3v) is 3.18. The third-order valence-electron chi connectivity index (χ3n) is 3.18. The summed E-state index contributed by atoms with van der Waals surface area (Å²) in [4.78, 5) is 4.34. The monoisotopic (exact) mass is 291 g/mol. The Morgan fingerprint density at radius 2 is 1.82 bits per heavy atom. The molecule has 0 saturated carbocycles. The molecule has 0 saturated heterocycles. The number of hydrogen-bond acceptors (Lipinski definition) is 2. The van der Waals surface area contributed by atoms with Gasteiger partial charge >= 0.3 is 0 Å². The highest BCUT2D eigenvalue weighted by Crippen LogP contribution is 2.10. The van der Waals surface area contributed by atoms with E-state index in [4.69, 9.17) is 5.73 Å². The molecule has 2 aromatic carbocycles. The average Bonchev–Trinajstić information content (AvgIpc) is 3.09. The molecule has 3 aromatic rings. The molecule has 1 heterocycles. The van der Waals surface area contributed by atoms with Crippen LogP contribution in [-0.2, 0) is 6.54 Å². The Morgan fingerprint density at radius 1 is 1.05 bits per heavy atom. The van der Waals surface area contributed by atoms with E-state index in [-0.39, 0.29) is 0 Å². The van der Waals surface area contributed by atoms with Crippen molar-refractivity contribution in [3.05, 3.63) is 78.6 Å². The fraction of sp³-hybridized carbons (Fsp3) is 0.0588. The van der Waals surface area contributed by atoms with Crippen molar-refractivity contribution in [2.45, 2.75) is 6.54 Å². The minimum atomic E-state index is 0.405. The van der Waals surface area contributed by atoms with E-state index in [1.165, 1.54) is 0 Å². The maximum Gasteiger partial charge on any atom is 0.193 e. The number of nitrogens with one attached hydrogen (secondary N) is 1. The van der Waals surface area contributed by atoms with Gasteiger partial charge in [-0.05, 0) is 35.9 Å². The zero-order chi connectivity index (χ0) is 15.2. The maximum absolute atomic E-state index is 5.89. The van der Waals surface area contributed by atoms with Crippen molar-refractivity contribution in [1.82, 2.24) is 9.78 Å². The van der Waals surface area contributed by atoms with Gasteiger partial charge in [-0.3, -0.25) is 0 Å². The number of aliphatic imine (C=N–C) groups is 1. The zero-order valence-corrected chi connectivity index (χ0v) is 12.1. The van der Waals surface area contributed by atoms with E-state index in [1.807, 2.05) is 71.5 Å². The third kappa shape index (κ3) is 3.52. The first kappa shape index (κ1) is 13.9. The van der Waals surface area contributed by atoms with Gasteiger partial charge in [-0.25, -0.2) is 9.67 Å². The largest absolute Gasteiger partial charge is 0.370 e. The topological polar surface area (TPSA) is 68.2 Å². The molecular weight excluding hydrogens is 274 g/mol. The second-order valence-corrected chi connectivity index (χ2v) is 4.81. The number of benzene rings is 2. The van der Waals surface area contributed by atoms with E-state index in [0.29, 0.717) is 12.5 Å². The Hall–Kier alpha value is -3.08. The summed E-state index contributed by atoms with van der Waals surface area (Å²) in [6.07, 6.45) is 3.67. The van der Waals surface area contributed by atoms with E-state index in [9.17, 15) is 0 Å². The van der Waals surface area contributed by atoms with Gasteiger partial charge in [-0.15, -0.1) is 0 Å². The molecule has 110 valence electrons. The predicted octanol–water partition coefficient (Wildman–Crippen LogP) is 2.80. The van der Waals surface area contributed by atoms with Crippen LogP contribution < -0.4 is 11.1 Å². The summed E-state index contributed by atoms with van der Waals surface area (Å²) in [6, 6.07) is 19.7. The first-order chi connectivity index (χ1) is 10.8. The fourth-order valence-corrected chi connectivity index (χ4v) is 2.06. The lowest BCUT2D eigenvalue weighted by Crippen LogP contribution is -2.22. The molecule has 1 aromatic heterocycles. The molecule has 5 heteroatoms. The molecule has 0 fully saturated rings. The van der Waals surface area contributed by atoms with E-state index in [0.717, 1.165) is 16.9 Å². The Morgan fingerprint density at radius 3 is 2.50 bits per heavy atom. The van der Waals surface area contributed by atoms with E-state index < -0.39 is 0 Å². The number of anilines is 1. The number of aromatic nitrogens is 2. The second kappa shape index (κ2) is 6.58. The molecule has 0 bridgehead atoms. The first-order valence-electron chi connectivity index (χ1n) is 7.02. The van der Waals surface area contributed by atoms with Gasteiger partial charge in [-0.1, -0.05) is 30.3 Å². The highest BCUT2D eigenvalue weighted by atomic mass is 15.3. The molecule has 22 heavy (non-hydrogen) atoms. The lowest BCUT2D eigenvalue weighted by atomic mass is 10.2. The second-order valence-electron chi connectivity index (χ2n) is 4.81. The van der Waals surface area contributed by atoms with Crippen LogP contribution in [0.25, 0.3) is 5.69 Å². The molecule has 0 spiro atoms. The zero-order valence-electron chi connectivity index (χ0n) is 12.1. The van der Waals surface area contributed by atoms with Gasteiger partial charge < -0.3 is 11.1 Å². The van der Waals surface area contributed by atoms with Gasteiger partial charge in [0.1, 0.15) is 0 Å². The first-order valence-corrected chi connectivity index (χ1v) is 7.02. The summed E-state index contributed by atoms with van der Waals surface area (Å²) >= 11 is 0. The Labute approximate surface area is 129 Å². The van der Waals surface area contributed by atoms with Gasteiger partial charge in [0.05, 0.1) is 12.2 Å². The van der Waals surface area contributed by atoms with E-state index >= 15 is 0 Å². The summed E-state index contributed by atoms with van der Waals surface area (Å²) < 4.78 is 1.82. The normalized spacial score (nSPS) is 11.4. The highest BCUT2D eigenvalue weighted by Gasteiger charge is 1.98. The molecule has 0 amide bonds. The standard InChI is InChI=1S/C17H17N5/c18-17(21-15-5-2-1-3-6-15)19-13-14-7-9-16(10-8-14)22-12-4-11-20-22/h1-12H,13H2,(H3,18,19,21). The molecule has 0 aliphatic heterocycles. The van der Waals surface area contributed by atoms with Crippen LogP contribution in [0.15, 0.2) is 78.0 Å². The smallest absolute Gasteiger partial charge is 0.193 e. The van der Waals surface area contributed by atoms with Crippen LogP contribution in [0, 0.1) is 0 Å². The SMILES string of the molecule is NC(=NCc1ccc(-n2cccn2)cc1)Nc1ccccc1. The quantitative estimate of drug-likeness (QED) is 0.573. The van der Waals surface area contributed by atoms with Gasteiger partial charge in [0, 0.05) is 18.1 Å². The molecule has 3 rings (SSSR count). The summed E-state index contributed by atoms with van der Waals surface area (Å²) in [7, 11) is 0. The minimum Gasteiger partial charge on any atom is -0.370 e. The van der Waals surface area contributed by atoms with Crippen LogP contribution in [0.4, 0.5) is 5.69 Å². The molecule has 3 N–H and O–H groups in total. The molecule has 0 atom stereocenters. The van der Waals surface area contributed by atoms with Gasteiger partial charge in [0.25, 0.3) is 0 Å². The highest BCUT2D eigenvalue weighted by molar-refractivity contribution is 5.92. The van der Waals surface area contributed by atoms with Crippen LogP contribution in [0.1, 0.15) is 5.56 Å². The van der Waals surface area contributed by atoms with Crippen LogP contribution in [0.2, 0.25) is 0 Å². The fourth-order valence-electron chi connectivity index (χ4n) is 2.06. The number of para-hydroxylation sites is 1. The van der Waals surface area contributed by atoms with Crippen molar-refractivity contribution in [3.8, 4) is 5.69 Å². The van der Waals surface area contributed by atoms with Crippen LogP contribution in [0.3, 0.4) is 0 Å². The number of nitrogens with zero attached hydrogens (tertiary/aromatic N) is 3. The molecule has 5 nitrogen and oxygen atoms in total. The summed E-state index contributed by atoms with van der Waals surface area (Å²) in [5.74, 6) is 0.405. The Bertz CT molecular complexity index is 730. The Kier molecular flexibility index (Phi) is 4.15. The number of guanidine groups is 1. The van der Waals surface area contributed by atoms with Gasteiger partial charge in [-0.2, -0.15) is 5.10 Å². The minimum absolute atomic E-state index is 0.405. The van der Waals surface area contributed by atoms with Crippen LogP contribution >= 0.6 is 0 Å². The van der Waals surface area contributed by atoms with Crippen molar-refractivity contribution in [2.24, 2.45) is 10.7 Å². The predicted molar refractivity (Wildman–Crippen MR) is 89.0 cm³/mol. The van der Waals surface area contributed by atoms with Crippen molar-refractivity contribution < 1.29 is 0 Å². The van der Waals surface area contributed by atoms with Gasteiger partial charge in [0.15, 0.2) is 5.96 Å². The van der Waals surface area contributed by atoms with Crippen LogP contribution in [-0.4, -0.2) is 15.7 Å². The van der Waals surface area contributed by atoms with E-state index in [1.54, 1.807) is 6.20 Å². The lowest BCUT2D eigenvalue weighted by molar-refractivity contribution is 0.878. The number of hydrogen-bond donors (Lipinski definition) is 2. The van der Waals surface area contributed by atoms with Crippen molar-refractivity contribution >= 4 is 11.6 Å². The van der Waals surface area contributed by atoms with Crippen LogP contribution in [0.5, 0.6) is 0 Å². The van der Waals surface area contributed by atoms with Crippen molar-refractivity contribution in [1.29, 1.82) is 0 Å². The molecule has 0 radical (unpaired) electrons. The van der Waals surface area contributed by atoms with Gasteiger partial charge in [0.2, 0.25) is 0 Å².